The number of H-pyrrole nitrogens is 1. The smallest absolute Gasteiger partial charge is 0.224 e. The Bertz CT molecular complexity index is 600. The van der Waals surface area contributed by atoms with Gasteiger partial charge in [0.05, 0.1) is 23.7 Å². The van der Waals surface area contributed by atoms with Crippen LogP contribution >= 0.6 is 0 Å². The van der Waals surface area contributed by atoms with Crippen molar-refractivity contribution < 1.29 is 0 Å². The van der Waals surface area contributed by atoms with E-state index in [1.807, 2.05) is 12.1 Å². The summed E-state index contributed by atoms with van der Waals surface area (Å²) in [6.07, 6.45) is 1.53. The Morgan fingerprint density at radius 3 is 2.65 bits per heavy atom. The first kappa shape index (κ1) is 10.6. The maximum absolute atomic E-state index is 8.72. The van der Waals surface area contributed by atoms with Crippen molar-refractivity contribution in [3.8, 4) is 12.1 Å². The molecular formula is C9H8N8. The molecule has 0 aliphatic carbocycles. The van der Waals surface area contributed by atoms with Gasteiger partial charge in [-0.05, 0) is 0 Å². The van der Waals surface area contributed by atoms with Crippen LogP contribution in [0, 0.1) is 22.7 Å². The Morgan fingerprint density at radius 1 is 1.29 bits per heavy atom. The van der Waals surface area contributed by atoms with Crippen molar-refractivity contribution in [1.82, 2.24) is 20.2 Å². The van der Waals surface area contributed by atoms with Crippen LogP contribution in [0.25, 0.3) is 11.0 Å². The number of aromatic amines is 1. The molecule has 2 aromatic rings. The number of fused-ring (bicyclic) bond motifs is 1. The normalized spacial score (nSPS) is 9.76. The third kappa shape index (κ3) is 1.92. The molecule has 2 aromatic heterocycles. The molecule has 3 N–H and O–H groups in total. The highest BCUT2D eigenvalue weighted by molar-refractivity contribution is 5.87. The molecule has 2 heterocycles. The monoisotopic (exact) mass is 228 g/mol. The number of nitrogen functional groups attached to an aromatic ring is 1. The third-order valence-corrected chi connectivity index (χ3v) is 2.13. The van der Waals surface area contributed by atoms with E-state index in [-0.39, 0.29) is 19.0 Å². The second-order valence-corrected chi connectivity index (χ2v) is 3.21. The molecule has 0 aliphatic heterocycles. The molecule has 0 bridgehead atoms. The number of nitrogens with two attached hydrogens (primary N) is 1. The van der Waals surface area contributed by atoms with Gasteiger partial charge in [-0.25, -0.2) is 0 Å². The van der Waals surface area contributed by atoms with Gasteiger partial charge in [0.1, 0.15) is 18.9 Å². The highest BCUT2D eigenvalue weighted by atomic mass is 15.2. The van der Waals surface area contributed by atoms with E-state index in [2.05, 4.69) is 20.2 Å². The lowest BCUT2D eigenvalue weighted by atomic mass is 10.3. The number of nitriles is 2. The zero-order chi connectivity index (χ0) is 12.3. The van der Waals surface area contributed by atoms with Gasteiger partial charge in [-0.2, -0.15) is 25.6 Å². The molecule has 0 spiro atoms. The average Bonchev–Trinajstić information content (AvgIpc) is 2.75. The molecule has 0 saturated carbocycles. The van der Waals surface area contributed by atoms with Crippen molar-refractivity contribution >= 4 is 22.8 Å². The average molecular weight is 228 g/mol. The minimum absolute atomic E-state index is 0.0459. The predicted octanol–water partition coefficient (Wildman–Crippen LogP) is -0.211. The first-order valence-corrected chi connectivity index (χ1v) is 4.71. The summed E-state index contributed by atoms with van der Waals surface area (Å²) in [6, 6.07) is 3.94. The van der Waals surface area contributed by atoms with E-state index in [1.54, 1.807) is 0 Å². The molecular weight excluding hydrogens is 220 g/mol. The molecule has 0 atom stereocenters. The van der Waals surface area contributed by atoms with Gasteiger partial charge < -0.3 is 10.6 Å². The first-order chi connectivity index (χ1) is 8.26. The molecule has 0 unspecified atom stereocenters. The van der Waals surface area contributed by atoms with Crippen molar-refractivity contribution in [1.29, 1.82) is 10.5 Å². The Balaban J connectivity index is 2.56. The summed E-state index contributed by atoms with van der Waals surface area (Å²) in [4.78, 5) is 9.51. The number of anilines is 2. The molecule has 84 valence electrons. The largest absolute Gasteiger partial charge is 0.368 e. The highest BCUT2D eigenvalue weighted by Gasteiger charge is 2.14. The molecule has 8 nitrogen and oxygen atoms in total. The van der Waals surface area contributed by atoms with Crippen LogP contribution in [0.3, 0.4) is 0 Å². The maximum atomic E-state index is 8.72. The van der Waals surface area contributed by atoms with Crippen LogP contribution in [0.1, 0.15) is 0 Å². The first-order valence-electron chi connectivity index (χ1n) is 4.71. The number of hydrogen-bond donors (Lipinski definition) is 2. The van der Waals surface area contributed by atoms with E-state index in [0.29, 0.717) is 16.9 Å². The summed E-state index contributed by atoms with van der Waals surface area (Å²) in [6.45, 7) is 0.0919. The zero-order valence-electron chi connectivity index (χ0n) is 8.75. The lowest BCUT2D eigenvalue weighted by Crippen LogP contribution is -2.25. The topological polar surface area (TPSA) is 131 Å². The van der Waals surface area contributed by atoms with Crippen molar-refractivity contribution in [3.63, 3.8) is 0 Å². The maximum Gasteiger partial charge on any atom is 0.224 e. The zero-order valence-corrected chi connectivity index (χ0v) is 8.75. The van der Waals surface area contributed by atoms with E-state index in [9.17, 15) is 0 Å². The third-order valence-electron chi connectivity index (χ3n) is 2.13. The minimum atomic E-state index is 0.0459. The standard InChI is InChI=1S/C9H8N8/c10-1-3-17(4-2-11)8-6-5-13-16-7(6)14-9(12)15-8/h5H,3-4H2,(H3,12,13,14,15,16). The van der Waals surface area contributed by atoms with Gasteiger partial charge >= 0.3 is 0 Å². The van der Waals surface area contributed by atoms with Crippen LogP contribution in [-0.2, 0) is 0 Å². The SMILES string of the molecule is N#CCN(CC#N)c1nc(N)nc2[nH]ncc12. The van der Waals surface area contributed by atoms with Gasteiger partial charge in [0, 0.05) is 0 Å². The van der Waals surface area contributed by atoms with E-state index < -0.39 is 0 Å². The summed E-state index contributed by atoms with van der Waals surface area (Å²) in [5.74, 6) is 0.502. The Morgan fingerprint density at radius 2 is 2.00 bits per heavy atom. The van der Waals surface area contributed by atoms with Crippen LogP contribution in [0.4, 0.5) is 11.8 Å². The van der Waals surface area contributed by atoms with Gasteiger partial charge in [0.25, 0.3) is 0 Å². The number of nitrogens with zero attached hydrogens (tertiary/aromatic N) is 6. The summed E-state index contributed by atoms with van der Waals surface area (Å²) in [5.41, 5.74) is 6.03. The van der Waals surface area contributed by atoms with Crippen molar-refractivity contribution in [2.75, 3.05) is 23.7 Å². The lowest BCUT2D eigenvalue weighted by Gasteiger charge is -2.17. The van der Waals surface area contributed by atoms with Crippen LogP contribution in [0.15, 0.2) is 6.20 Å². The van der Waals surface area contributed by atoms with E-state index >= 15 is 0 Å². The minimum Gasteiger partial charge on any atom is -0.368 e. The van der Waals surface area contributed by atoms with Crippen molar-refractivity contribution in [2.24, 2.45) is 0 Å². The van der Waals surface area contributed by atoms with Crippen LogP contribution in [0.5, 0.6) is 0 Å². The van der Waals surface area contributed by atoms with E-state index in [4.69, 9.17) is 16.3 Å². The van der Waals surface area contributed by atoms with Gasteiger partial charge in [-0.1, -0.05) is 0 Å². The molecule has 0 aliphatic rings. The number of hydrogen-bond acceptors (Lipinski definition) is 7. The van der Waals surface area contributed by atoms with Gasteiger partial charge in [-0.3, -0.25) is 5.10 Å². The molecule has 8 heteroatoms. The fraction of sp³-hybridized carbons (Fsp3) is 0.222. The molecule has 17 heavy (non-hydrogen) atoms. The van der Waals surface area contributed by atoms with Gasteiger partial charge in [0.2, 0.25) is 5.95 Å². The molecule has 0 amide bonds. The summed E-state index contributed by atoms with van der Waals surface area (Å²) in [5, 5.41) is 24.6. The van der Waals surface area contributed by atoms with Gasteiger partial charge in [0.15, 0.2) is 5.65 Å². The van der Waals surface area contributed by atoms with Crippen molar-refractivity contribution in [2.45, 2.75) is 0 Å². The Kier molecular flexibility index (Phi) is 2.71. The molecule has 2 rings (SSSR count). The number of nitrogens with one attached hydrogen (secondary N) is 1. The van der Waals surface area contributed by atoms with E-state index in [1.165, 1.54) is 11.1 Å². The summed E-state index contributed by atoms with van der Waals surface area (Å²) in [7, 11) is 0. The fourth-order valence-corrected chi connectivity index (χ4v) is 1.45. The van der Waals surface area contributed by atoms with Gasteiger partial charge in [-0.15, -0.1) is 0 Å². The molecule has 0 saturated heterocycles. The lowest BCUT2D eigenvalue weighted by molar-refractivity contribution is 0.940. The Hall–Kier alpha value is -2.87. The summed E-state index contributed by atoms with van der Waals surface area (Å²) >= 11 is 0. The summed E-state index contributed by atoms with van der Waals surface area (Å²) < 4.78 is 0. The second-order valence-electron chi connectivity index (χ2n) is 3.21. The predicted molar refractivity (Wildman–Crippen MR) is 59.5 cm³/mol. The van der Waals surface area contributed by atoms with Crippen LogP contribution in [0.2, 0.25) is 0 Å². The number of aromatic nitrogens is 4. The molecule has 0 radical (unpaired) electrons. The highest BCUT2D eigenvalue weighted by Crippen LogP contribution is 2.22. The molecule has 0 aromatic carbocycles. The quantitative estimate of drug-likeness (QED) is 0.694. The second kappa shape index (κ2) is 4.33. The van der Waals surface area contributed by atoms with E-state index in [0.717, 1.165) is 0 Å². The fourth-order valence-electron chi connectivity index (χ4n) is 1.45. The van der Waals surface area contributed by atoms with Crippen LogP contribution in [-0.4, -0.2) is 33.3 Å². The Labute approximate surface area is 96.3 Å². The van der Waals surface area contributed by atoms with Crippen molar-refractivity contribution in [3.05, 3.63) is 6.20 Å². The van der Waals surface area contributed by atoms with Crippen LogP contribution < -0.4 is 10.6 Å². The molecule has 0 fully saturated rings. The number of rotatable bonds is 3.